The average molecular weight is 801 g/mol. The summed E-state index contributed by atoms with van der Waals surface area (Å²) in [5, 5.41) is 4.67. The van der Waals surface area contributed by atoms with Gasteiger partial charge in [0.2, 0.25) is 0 Å². The van der Waals surface area contributed by atoms with E-state index in [0.29, 0.717) is 5.82 Å². The van der Waals surface area contributed by atoms with E-state index in [1.807, 2.05) is 0 Å². The molecule has 12 rings (SSSR count). The van der Waals surface area contributed by atoms with Crippen molar-refractivity contribution < 1.29 is 0 Å². The molecule has 0 fully saturated rings. The normalized spacial score (nSPS) is 12.6. The maximum absolute atomic E-state index is 5.37. The lowest BCUT2D eigenvalue weighted by atomic mass is 9.67. The third-order valence-corrected chi connectivity index (χ3v) is 13.0. The van der Waals surface area contributed by atoms with Crippen molar-refractivity contribution in [2.24, 2.45) is 0 Å². The molecule has 0 aliphatic heterocycles. The zero-order chi connectivity index (χ0) is 41.7. The fourth-order valence-corrected chi connectivity index (χ4v) is 10.1. The molecule has 10 aromatic carbocycles. The highest BCUT2D eigenvalue weighted by atomic mass is 14.9. The first-order chi connectivity index (χ1) is 31.2. The topological polar surface area (TPSA) is 25.8 Å². The van der Waals surface area contributed by atoms with Gasteiger partial charge < -0.3 is 0 Å². The molecule has 11 aromatic rings. The maximum atomic E-state index is 5.37. The van der Waals surface area contributed by atoms with Gasteiger partial charge >= 0.3 is 0 Å². The first kappa shape index (κ1) is 36.6. The van der Waals surface area contributed by atoms with Crippen LogP contribution in [0.2, 0.25) is 0 Å². The highest BCUT2D eigenvalue weighted by molar-refractivity contribution is 6.06. The molecule has 0 radical (unpaired) electrons. The van der Waals surface area contributed by atoms with Gasteiger partial charge in [0.15, 0.2) is 5.82 Å². The molecule has 1 aliphatic rings. The van der Waals surface area contributed by atoms with Crippen molar-refractivity contribution in [3.8, 4) is 67.3 Å². The Kier molecular flexibility index (Phi) is 8.76. The van der Waals surface area contributed by atoms with E-state index in [1.165, 1.54) is 60.8 Å². The summed E-state index contributed by atoms with van der Waals surface area (Å²) in [6, 6.07) is 87.7. The van der Waals surface area contributed by atoms with Crippen LogP contribution in [-0.2, 0) is 5.41 Å². The quantitative estimate of drug-likeness (QED) is 0.160. The van der Waals surface area contributed by atoms with Gasteiger partial charge in [0.1, 0.15) is 0 Å². The van der Waals surface area contributed by atoms with Crippen LogP contribution < -0.4 is 0 Å². The molecule has 0 unspecified atom stereocenters. The Hall–Kier alpha value is -8.20. The van der Waals surface area contributed by atoms with Crippen LogP contribution in [0.5, 0.6) is 0 Å². The zero-order valence-electron chi connectivity index (χ0n) is 34.5. The van der Waals surface area contributed by atoms with E-state index in [1.54, 1.807) is 0 Å². The average Bonchev–Trinajstić information content (AvgIpc) is 3.67. The van der Waals surface area contributed by atoms with E-state index in [0.717, 1.165) is 44.4 Å². The summed E-state index contributed by atoms with van der Waals surface area (Å²) in [6.45, 7) is 0. The molecule has 1 aliphatic carbocycles. The molecule has 0 atom stereocenters. The van der Waals surface area contributed by atoms with Crippen molar-refractivity contribution in [3.05, 3.63) is 265 Å². The third-order valence-electron chi connectivity index (χ3n) is 13.0. The summed E-state index contributed by atoms with van der Waals surface area (Å²) >= 11 is 0. The predicted molar refractivity (Wildman–Crippen MR) is 262 cm³/mol. The fraction of sp³-hybridized carbons (Fsp3) is 0.0164. The van der Waals surface area contributed by atoms with Gasteiger partial charge in [-0.3, -0.25) is 0 Å². The maximum Gasteiger partial charge on any atom is 0.160 e. The molecule has 2 heteroatoms. The van der Waals surface area contributed by atoms with E-state index in [-0.39, 0.29) is 0 Å². The fourth-order valence-electron chi connectivity index (χ4n) is 10.1. The van der Waals surface area contributed by atoms with Crippen LogP contribution in [0, 0.1) is 0 Å². The molecule has 0 spiro atoms. The molecule has 0 N–H and O–H groups in total. The second kappa shape index (κ2) is 15.1. The minimum atomic E-state index is -0.437. The Bertz CT molecular complexity index is 3440. The van der Waals surface area contributed by atoms with Crippen LogP contribution in [0.1, 0.15) is 22.3 Å². The SMILES string of the molecule is c1ccc(-c2ccc(-c3nc(-c4cccc5ccccc45)cc(-c4ccc(-c5ccc6c(c5)-c5ccccc5C6(c5ccccc5)c5ccccc5)c5ccccc45)n3)cc2)cc1. The van der Waals surface area contributed by atoms with Crippen LogP contribution in [0.15, 0.2) is 243 Å². The molecule has 0 bridgehead atoms. The molecule has 1 heterocycles. The van der Waals surface area contributed by atoms with E-state index < -0.39 is 5.41 Å². The number of rotatable bonds is 7. The van der Waals surface area contributed by atoms with Crippen molar-refractivity contribution in [1.82, 2.24) is 9.97 Å². The first-order valence-electron chi connectivity index (χ1n) is 21.6. The largest absolute Gasteiger partial charge is 0.228 e. The standard InChI is InChI=1S/C61H40N2/c1-4-17-41(18-5-1)42-31-33-44(34-32-42)60-62-58(53-29-16-20-43-19-10-11-25-48(43)53)40-59(63-60)54-37-36-49(50-26-12-13-27-51(50)54)45-35-38-57-55(39-45)52-28-14-15-30-56(52)61(57,46-21-6-2-7-22-46)47-23-8-3-9-24-47/h1-40H. The molecular weight excluding hydrogens is 761 g/mol. The number of benzene rings is 10. The highest BCUT2D eigenvalue weighted by Gasteiger charge is 2.46. The van der Waals surface area contributed by atoms with Gasteiger partial charge in [-0.1, -0.05) is 231 Å². The molecule has 294 valence electrons. The number of hydrogen-bond acceptors (Lipinski definition) is 2. The number of aromatic nitrogens is 2. The monoisotopic (exact) mass is 800 g/mol. The van der Waals surface area contributed by atoms with Crippen molar-refractivity contribution in [3.63, 3.8) is 0 Å². The molecule has 63 heavy (non-hydrogen) atoms. The second-order valence-electron chi connectivity index (χ2n) is 16.4. The number of hydrogen-bond donors (Lipinski definition) is 0. The molecule has 0 saturated carbocycles. The number of nitrogens with zero attached hydrogens (tertiary/aromatic N) is 2. The molecule has 1 aromatic heterocycles. The van der Waals surface area contributed by atoms with Crippen LogP contribution in [0.3, 0.4) is 0 Å². The summed E-state index contributed by atoms with van der Waals surface area (Å²) in [4.78, 5) is 10.7. The summed E-state index contributed by atoms with van der Waals surface area (Å²) in [5.41, 5.74) is 16.9. The summed E-state index contributed by atoms with van der Waals surface area (Å²) < 4.78 is 0. The van der Waals surface area contributed by atoms with Crippen LogP contribution in [0.25, 0.3) is 88.8 Å². The van der Waals surface area contributed by atoms with Gasteiger partial charge in [-0.2, -0.15) is 0 Å². The minimum absolute atomic E-state index is 0.437. The lowest BCUT2D eigenvalue weighted by molar-refractivity contribution is 0.768. The lowest BCUT2D eigenvalue weighted by Gasteiger charge is -2.33. The van der Waals surface area contributed by atoms with E-state index in [2.05, 4.69) is 243 Å². The van der Waals surface area contributed by atoms with Gasteiger partial charge in [0, 0.05) is 16.7 Å². The molecular formula is C61H40N2. The Labute approximate surface area is 367 Å². The van der Waals surface area contributed by atoms with Gasteiger partial charge in [-0.15, -0.1) is 0 Å². The van der Waals surface area contributed by atoms with Gasteiger partial charge in [0.05, 0.1) is 16.8 Å². The second-order valence-corrected chi connectivity index (χ2v) is 16.4. The predicted octanol–water partition coefficient (Wildman–Crippen LogP) is 15.5. The van der Waals surface area contributed by atoms with Crippen molar-refractivity contribution >= 4 is 21.5 Å². The smallest absolute Gasteiger partial charge is 0.160 e. The van der Waals surface area contributed by atoms with E-state index in [4.69, 9.17) is 9.97 Å². The van der Waals surface area contributed by atoms with Crippen molar-refractivity contribution in [2.75, 3.05) is 0 Å². The van der Waals surface area contributed by atoms with E-state index in [9.17, 15) is 0 Å². The van der Waals surface area contributed by atoms with Crippen molar-refractivity contribution in [1.29, 1.82) is 0 Å². The first-order valence-corrected chi connectivity index (χ1v) is 21.6. The van der Waals surface area contributed by atoms with Crippen LogP contribution in [-0.4, -0.2) is 9.97 Å². The minimum Gasteiger partial charge on any atom is -0.228 e. The van der Waals surface area contributed by atoms with Crippen LogP contribution in [0.4, 0.5) is 0 Å². The summed E-state index contributed by atoms with van der Waals surface area (Å²) in [6.07, 6.45) is 0. The summed E-state index contributed by atoms with van der Waals surface area (Å²) in [7, 11) is 0. The Balaban J connectivity index is 1.03. The van der Waals surface area contributed by atoms with Gasteiger partial charge in [-0.25, -0.2) is 9.97 Å². The third kappa shape index (κ3) is 6.02. The summed E-state index contributed by atoms with van der Waals surface area (Å²) in [5.74, 6) is 0.695. The molecule has 0 amide bonds. The Morgan fingerprint density at radius 2 is 0.746 bits per heavy atom. The zero-order valence-corrected chi connectivity index (χ0v) is 34.5. The highest BCUT2D eigenvalue weighted by Crippen LogP contribution is 2.57. The molecule has 2 nitrogen and oxygen atoms in total. The lowest BCUT2D eigenvalue weighted by Crippen LogP contribution is -2.28. The van der Waals surface area contributed by atoms with Gasteiger partial charge in [-0.05, 0) is 89.3 Å². The van der Waals surface area contributed by atoms with Crippen LogP contribution >= 0.6 is 0 Å². The number of fused-ring (bicyclic) bond motifs is 5. The van der Waals surface area contributed by atoms with Gasteiger partial charge in [0.25, 0.3) is 0 Å². The Morgan fingerprint density at radius 1 is 0.270 bits per heavy atom. The van der Waals surface area contributed by atoms with Crippen molar-refractivity contribution in [2.45, 2.75) is 5.41 Å². The Morgan fingerprint density at radius 3 is 1.46 bits per heavy atom. The molecule has 0 saturated heterocycles. The van der Waals surface area contributed by atoms with E-state index >= 15 is 0 Å².